The first-order chi connectivity index (χ1) is 8.70. The van der Waals surface area contributed by atoms with Gasteiger partial charge in [0, 0.05) is 18.0 Å². The number of nitrogens with one attached hydrogen (secondary N) is 1. The van der Waals surface area contributed by atoms with Gasteiger partial charge in [-0.1, -0.05) is 43.0 Å². The third kappa shape index (κ3) is 3.05. The fraction of sp³-hybridized carbons (Fsp3) is 0.267. The molecule has 0 atom stereocenters. The fourth-order valence-corrected chi connectivity index (χ4v) is 2.75. The van der Waals surface area contributed by atoms with E-state index in [1.54, 1.807) is 18.0 Å². The lowest BCUT2D eigenvalue weighted by atomic mass is 10.0. The summed E-state index contributed by atoms with van der Waals surface area (Å²) in [6.07, 6.45) is 6.02. The standard InChI is InChI=1S/C15H17NOS/c1-3-12-4-6-14-13(10-12)5-7-15(14)18-9-8-16-11(2)17/h4,6-10H,3,5H2,1-2H3,(H,16,17). The maximum absolute atomic E-state index is 10.7. The number of rotatable bonds is 4. The molecule has 1 amide bonds. The molecule has 2 rings (SSSR count). The van der Waals surface area contributed by atoms with E-state index >= 15 is 0 Å². The number of carbonyl (C=O) groups is 1. The van der Waals surface area contributed by atoms with Crippen LogP contribution in [0.5, 0.6) is 0 Å². The molecule has 94 valence electrons. The van der Waals surface area contributed by atoms with Crippen molar-refractivity contribution in [3.63, 3.8) is 0 Å². The zero-order valence-electron chi connectivity index (χ0n) is 10.7. The Hall–Kier alpha value is -1.48. The van der Waals surface area contributed by atoms with Gasteiger partial charge in [-0.05, 0) is 34.9 Å². The Bertz CT molecular complexity index is 517. The van der Waals surface area contributed by atoms with Crippen molar-refractivity contribution in [3.05, 3.63) is 52.6 Å². The summed E-state index contributed by atoms with van der Waals surface area (Å²) in [6, 6.07) is 6.68. The van der Waals surface area contributed by atoms with Crippen LogP contribution >= 0.6 is 11.8 Å². The molecule has 0 aromatic heterocycles. The molecule has 0 radical (unpaired) electrons. The van der Waals surface area contributed by atoms with Crippen molar-refractivity contribution in [2.75, 3.05) is 0 Å². The minimum atomic E-state index is -0.0414. The van der Waals surface area contributed by atoms with E-state index in [9.17, 15) is 4.79 Å². The topological polar surface area (TPSA) is 29.1 Å². The third-order valence-corrected chi connectivity index (χ3v) is 3.81. The highest BCUT2D eigenvalue weighted by molar-refractivity contribution is 8.10. The molecular weight excluding hydrogens is 242 g/mol. The Balaban J connectivity index is 2.02. The van der Waals surface area contributed by atoms with Gasteiger partial charge in [0.15, 0.2) is 0 Å². The molecular formula is C15H17NOS. The SMILES string of the molecule is CCc1ccc2c(c1)CC=C2SC=CNC(C)=O. The summed E-state index contributed by atoms with van der Waals surface area (Å²) in [5.74, 6) is -0.0414. The second kappa shape index (κ2) is 5.91. The van der Waals surface area contributed by atoms with E-state index in [2.05, 4.69) is 36.5 Å². The molecule has 1 aromatic rings. The first-order valence-electron chi connectivity index (χ1n) is 6.12. The fourth-order valence-electron chi connectivity index (χ4n) is 1.96. The van der Waals surface area contributed by atoms with Gasteiger partial charge in [0.2, 0.25) is 5.91 Å². The van der Waals surface area contributed by atoms with Gasteiger partial charge in [-0.3, -0.25) is 4.79 Å². The molecule has 0 unspecified atom stereocenters. The van der Waals surface area contributed by atoms with Crippen LogP contribution in [0, 0.1) is 0 Å². The van der Waals surface area contributed by atoms with Crippen LogP contribution in [0.3, 0.4) is 0 Å². The molecule has 0 spiro atoms. The number of aryl methyl sites for hydroxylation is 1. The second-order valence-electron chi connectivity index (χ2n) is 4.24. The van der Waals surface area contributed by atoms with E-state index in [4.69, 9.17) is 0 Å². The minimum Gasteiger partial charge on any atom is -0.332 e. The van der Waals surface area contributed by atoms with Gasteiger partial charge >= 0.3 is 0 Å². The van der Waals surface area contributed by atoms with E-state index in [1.807, 2.05) is 5.41 Å². The lowest BCUT2D eigenvalue weighted by Crippen LogP contribution is -2.10. The van der Waals surface area contributed by atoms with Crippen LogP contribution in [-0.2, 0) is 17.6 Å². The maximum Gasteiger partial charge on any atom is 0.220 e. The molecule has 1 aliphatic carbocycles. The molecule has 0 fully saturated rings. The minimum absolute atomic E-state index is 0.0414. The molecule has 1 N–H and O–H groups in total. The number of thioether (sulfide) groups is 1. The highest BCUT2D eigenvalue weighted by atomic mass is 32.2. The van der Waals surface area contributed by atoms with E-state index in [-0.39, 0.29) is 5.91 Å². The van der Waals surface area contributed by atoms with Crippen LogP contribution in [0.4, 0.5) is 0 Å². The van der Waals surface area contributed by atoms with E-state index < -0.39 is 0 Å². The summed E-state index contributed by atoms with van der Waals surface area (Å²) < 4.78 is 0. The predicted octanol–water partition coefficient (Wildman–Crippen LogP) is 3.49. The Labute approximate surface area is 112 Å². The summed E-state index contributed by atoms with van der Waals surface area (Å²) in [6.45, 7) is 3.68. The van der Waals surface area contributed by atoms with Crippen LogP contribution in [0.25, 0.3) is 4.91 Å². The molecule has 1 aromatic carbocycles. The normalized spacial score (nSPS) is 13.6. The monoisotopic (exact) mass is 259 g/mol. The largest absolute Gasteiger partial charge is 0.332 e. The molecule has 0 bridgehead atoms. The maximum atomic E-state index is 10.7. The lowest BCUT2D eigenvalue weighted by molar-refractivity contribution is -0.118. The number of hydrogen-bond donors (Lipinski definition) is 1. The Morgan fingerprint density at radius 3 is 3.06 bits per heavy atom. The highest BCUT2D eigenvalue weighted by Crippen LogP contribution is 2.36. The third-order valence-electron chi connectivity index (χ3n) is 2.90. The summed E-state index contributed by atoms with van der Waals surface area (Å²) in [4.78, 5) is 12.0. The number of allylic oxidation sites excluding steroid dienone is 1. The molecule has 0 saturated carbocycles. The smallest absolute Gasteiger partial charge is 0.220 e. The molecule has 0 aliphatic heterocycles. The summed E-state index contributed by atoms with van der Waals surface area (Å²) in [5, 5.41) is 4.56. The first kappa shape index (κ1) is 13.0. The molecule has 3 heteroatoms. The van der Waals surface area contributed by atoms with Crippen molar-refractivity contribution in [1.82, 2.24) is 5.32 Å². The van der Waals surface area contributed by atoms with E-state index in [0.717, 1.165) is 12.8 Å². The Kier molecular flexibility index (Phi) is 4.26. The molecule has 0 heterocycles. The average Bonchev–Trinajstić information content (AvgIpc) is 2.76. The zero-order valence-corrected chi connectivity index (χ0v) is 11.5. The van der Waals surface area contributed by atoms with Gasteiger partial charge in [-0.2, -0.15) is 0 Å². The number of carbonyl (C=O) groups excluding carboxylic acids is 1. The number of hydrogen-bond acceptors (Lipinski definition) is 2. The predicted molar refractivity (Wildman–Crippen MR) is 78.0 cm³/mol. The molecule has 1 aliphatic rings. The number of benzene rings is 1. The number of fused-ring (bicyclic) bond motifs is 1. The van der Waals surface area contributed by atoms with Gasteiger partial charge in [0.05, 0.1) is 0 Å². The molecule has 2 nitrogen and oxygen atoms in total. The lowest BCUT2D eigenvalue weighted by Gasteiger charge is -2.05. The average molecular weight is 259 g/mol. The van der Waals surface area contributed by atoms with E-state index in [0.29, 0.717) is 0 Å². The van der Waals surface area contributed by atoms with Crippen LogP contribution in [-0.4, -0.2) is 5.91 Å². The molecule has 18 heavy (non-hydrogen) atoms. The summed E-state index contributed by atoms with van der Waals surface area (Å²) in [7, 11) is 0. The van der Waals surface area contributed by atoms with Gasteiger partial charge in [-0.25, -0.2) is 0 Å². The Morgan fingerprint density at radius 2 is 2.33 bits per heavy atom. The second-order valence-corrected chi connectivity index (χ2v) is 5.19. The van der Waals surface area contributed by atoms with Crippen molar-refractivity contribution in [2.24, 2.45) is 0 Å². The van der Waals surface area contributed by atoms with Crippen molar-refractivity contribution in [1.29, 1.82) is 0 Å². The van der Waals surface area contributed by atoms with Gasteiger partial charge in [0.1, 0.15) is 0 Å². The van der Waals surface area contributed by atoms with E-state index in [1.165, 1.54) is 28.5 Å². The van der Waals surface area contributed by atoms with Crippen LogP contribution in [0.15, 0.2) is 35.9 Å². The summed E-state index contributed by atoms with van der Waals surface area (Å²) >= 11 is 1.65. The zero-order chi connectivity index (χ0) is 13.0. The number of amides is 1. The highest BCUT2D eigenvalue weighted by Gasteiger charge is 2.13. The van der Waals surface area contributed by atoms with Gasteiger partial charge in [0.25, 0.3) is 0 Å². The van der Waals surface area contributed by atoms with Crippen molar-refractivity contribution in [2.45, 2.75) is 26.7 Å². The van der Waals surface area contributed by atoms with Gasteiger partial charge in [-0.15, -0.1) is 0 Å². The van der Waals surface area contributed by atoms with Gasteiger partial charge < -0.3 is 5.32 Å². The quantitative estimate of drug-likeness (QED) is 0.897. The van der Waals surface area contributed by atoms with Crippen molar-refractivity contribution < 1.29 is 4.79 Å². The van der Waals surface area contributed by atoms with Crippen molar-refractivity contribution >= 4 is 22.6 Å². The first-order valence-corrected chi connectivity index (χ1v) is 6.99. The van der Waals surface area contributed by atoms with Crippen molar-refractivity contribution in [3.8, 4) is 0 Å². The van der Waals surface area contributed by atoms with Crippen LogP contribution in [0.1, 0.15) is 30.5 Å². The molecule has 0 saturated heterocycles. The van der Waals surface area contributed by atoms with Crippen LogP contribution in [0.2, 0.25) is 0 Å². The van der Waals surface area contributed by atoms with Crippen LogP contribution < -0.4 is 5.32 Å². The summed E-state index contributed by atoms with van der Waals surface area (Å²) in [5.41, 5.74) is 4.12. The Morgan fingerprint density at radius 1 is 1.50 bits per heavy atom.